The Morgan fingerprint density at radius 3 is 2.67 bits per heavy atom. The molecule has 0 bridgehead atoms. The minimum absolute atomic E-state index is 0.206. The number of hydrogen-bond acceptors (Lipinski definition) is 4. The van der Waals surface area contributed by atoms with Gasteiger partial charge in [0.25, 0.3) is 0 Å². The molecule has 2 rings (SSSR count). The first-order valence-electron chi connectivity index (χ1n) is 5.60. The molecule has 0 saturated heterocycles. The Hall–Kier alpha value is -2.01. The molecule has 0 unspecified atom stereocenters. The molecule has 1 aromatic heterocycles. The average molecular weight is 247 g/mol. The summed E-state index contributed by atoms with van der Waals surface area (Å²) in [4.78, 5) is 8.02. The van der Waals surface area contributed by atoms with Crippen molar-refractivity contribution in [1.82, 2.24) is 9.97 Å². The van der Waals surface area contributed by atoms with Gasteiger partial charge in [-0.2, -0.15) is 0 Å². The van der Waals surface area contributed by atoms with E-state index in [1.807, 2.05) is 0 Å². The van der Waals surface area contributed by atoms with Gasteiger partial charge in [-0.3, -0.25) is 0 Å². The lowest BCUT2D eigenvalue weighted by Crippen LogP contribution is -2.07. The van der Waals surface area contributed by atoms with Crippen LogP contribution in [0.3, 0.4) is 0 Å². The van der Waals surface area contributed by atoms with Crippen LogP contribution in [0, 0.1) is 5.82 Å². The topological polar surface area (TPSA) is 61.0 Å². The zero-order valence-electron chi connectivity index (χ0n) is 10.0. The predicted molar refractivity (Wildman–Crippen MR) is 65.4 cm³/mol. The van der Waals surface area contributed by atoms with Gasteiger partial charge in [-0.05, 0) is 19.1 Å². The molecular formula is C13H14FN3O. The van der Waals surface area contributed by atoms with Crippen LogP contribution in [-0.4, -0.2) is 9.97 Å². The quantitative estimate of drug-likeness (QED) is 0.899. The third-order valence-corrected chi connectivity index (χ3v) is 2.45. The molecule has 2 N–H and O–H groups in total. The zero-order valence-corrected chi connectivity index (χ0v) is 10.0. The van der Waals surface area contributed by atoms with Gasteiger partial charge in [0.2, 0.25) is 0 Å². The second-order valence-corrected chi connectivity index (χ2v) is 3.93. The van der Waals surface area contributed by atoms with Crippen molar-refractivity contribution < 1.29 is 9.13 Å². The van der Waals surface area contributed by atoms with Crippen LogP contribution in [0.4, 0.5) is 4.39 Å². The molecule has 0 aliphatic rings. The van der Waals surface area contributed by atoms with E-state index >= 15 is 0 Å². The summed E-state index contributed by atoms with van der Waals surface area (Å²) in [6, 6.07) is 6.02. The van der Waals surface area contributed by atoms with Crippen molar-refractivity contribution in [3.63, 3.8) is 0 Å². The minimum atomic E-state index is -0.364. The van der Waals surface area contributed by atoms with Crippen LogP contribution in [0.25, 0.3) is 0 Å². The number of ether oxygens (including phenoxy) is 1. The molecule has 5 heteroatoms. The van der Waals surface area contributed by atoms with E-state index in [0.717, 1.165) is 0 Å². The van der Waals surface area contributed by atoms with Crippen LogP contribution in [0.15, 0.2) is 36.7 Å². The van der Waals surface area contributed by atoms with Crippen LogP contribution in [0.5, 0.6) is 5.75 Å². The first-order valence-corrected chi connectivity index (χ1v) is 5.60. The molecule has 1 heterocycles. The van der Waals surface area contributed by atoms with Gasteiger partial charge >= 0.3 is 0 Å². The van der Waals surface area contributed by atoms with E-state index in [2.05, 4.69) is 9.97 Å². The second-order valence-electron chi connectivity index (χ2n) is 3.93. The van der Waals surface area contributed by atoms with Crippen molar-refractivity contribution in [1.29, 1.82) is 0 Å². The van der Waals surface area contributed by atoms with E-state index in [4.69, 9.17) is 10.5 Å². The molecular weight excluding hydrogens is 233 g/mol. The van der Waals surface area contributed by atoms with Crippen LogP contribution < -0.4 is 10.5 Å². The average Bonchev–Trinajstić information content (AvgIpc) is 2.37. The lowest BCUT2D eigenvalue weighted by molar-refractivity contribution is 0.294. The van der Waals surface area contributed by atoms with Crippen LogP contribution in [0.1, 0.15) is 24.4 Å². The fraction of sp³-hybridized carbons (Fsp3) is 0.231. The molecule has 1 aromatic carbocycles. The maximum absolute atomic E-state index is 13.6. The van der Waals surface area contributed by atoms with Crippen LogP contribution in [-0.2, 0) is 6.61 Å². The van der Waals surface area contributed by atoms with Crippen molar-refractivity contribution in [3.05, 3.63) is 53.9 Å². The number of benzene rings is 1. The second kappa shape index (κ2) is 5.55. The van der Waals surface area contributed by atoms with Crippen molar-refractivity contribution in [2.24, 2.45) is 5.73 Å². The third-order valence-electron chi connectivity index (χ3n) is 2.45. The smallest absolute Gasteiger partial charge is 0.166 e. The number of nitrogens with two attached hydrogens (primary N) is 1. The van der Waals surface area contributed by atoms with E-state index < -0.39 is 0 Å². The van der Waals surface area contributed by atoms with Crippen LogP contribution in [0.2, 0.25) is 0 Å². The number of nitrogens with zero attached hydrogens (tertiary/aromatic N) is 2. The van der Waals surface area contributed by atoms with Crippen molar-refractivity contribution in [3.8, 4) is 5.75 Å². The Labute approximate surface area is 105 Å². The van der Waals surface area contributed by atoms with Gasteiger partial charge in [-0.1, -0.05) is 6.07 Å². The Bertz CT molecular complexity index is 517. The molecule has 1 atom stereocenters. The first kappa shape index (κ1) is 12.4. The summed E-state index contributed by atoms with van der Waals surface area (Å²) in [5.41, 5.74) is 6.10. The molecule has 0 aliphatic carbocycles. The molecule has 4 nitrogen and oxygen atoms in total. The summed E-state index contributed by atoms with van der Waals surface area (Å²) in [6.45, 7) is 1.94. The monoisotopic (exact) mass is 247 g/mol. The molecule has 0 fully saturated rings. The van der Waals surface area contributed by atoms with Crippen molar-refractivity contribution in [2.45, 2.75) is 19.6 Å². The third kappa shape index (κ3) is 3.01. The highest BCUT2D eigenvalue weighted by atomic mass is 19.1. The molecule has 0 amide bonds. The highest BCUT2D eigenvalue weighted by molar-refractivity contribution is 5.30. The zero-order chi connectivity index (χ0) is 13.0. The van der Waals surface area contributed by atoms with Gasteiger partial charge in [0.1, 0.15) is 18.2 Å². The standard InChI is InChI=1S/C13H14FN3O/c1-9(15)11-4-3-10(7-12(11)14)18-8-13-16-5-2-6-17-13/h2-7,9H,8,15H2,1H3/t9-/m1/s1. The Morgan fingerprint density at radius 2 is 2.06 bits per heavy atom. The van der Waals surface area contributed by atoms with E-state index in [1.165, 1.54) is 6.07 Å². The summed E-state index contributed by atoms with van der Waals surface area (Å²) in [6.07, 6.45) is 3.26. The molecule has 0 radical (unpaired) electrons. The van der Waals surface area contributed by atoms with Gasteiger partial charge in [-0.25, -0.2) is 14.4 Å². The molecule has 0 saturated carbocycles. The summed E-state index contributed by atoms with van der Waals surface area (Å²) in [5, 5.41) is 0. The Morgan fingerprint density at radius 1 is 1.33 bits per heavy atom. The predicted octanol–water partition coefficient (Wildman–Crippen LogP) is 2.21. The van der Waals surface area contributed by atoms with E-state index in [-0.39, 0.29) is 18.5 Å². The molecule has 2 aromatic rings. The number of aromatic nitrogens is 2. The van der Waals surface area contributed by atoms with E-state index in [0.29, 0.717) is 17.1 Å². The number of halogens is 1. The fourth-order valence-electron chi connectivity index (χ4n) is 1.52. The Balaban J connectivity index is 2.05. The minimum Gasteiger partial charge on any atom is -0.486 e. The Kier molecular flexibility index (Phi) is 3.84. The van der Waals surface area contributed by atoms with Gasteiger partial charge in [-0.15, -0.1) is 0 Å². The number of hydrogen-bond donors (Lipinski definition) is 1. The largest absolute Gasteiger partial charge is 0.486 e. The van der Waals surface area contributed by atoms with Gasteiger partial charge in [0.05, 0.1) is 0 Å². The van der Waals surface area contributed by atoms with Crippen molar-refractivity contribution >= 4 is 0 Å². The molecule has 18 heavy (non-hydrogen) atoms. The number of rotatable bonds is 4. The maximum Gasteiger partial charge on any atom is 0.166 e. The van der Waals surface area contributed by atoms with Crippen LogP contribution >= 0.6 is 0 Å². The fourth-order valence-corrected chi connectivity index (χ4v) is 1.52. The summed E-state index contributed by atoms with van der Waals surface area (Å²) < 4.78 is 19.0. The first-order chi connectivity index (χ1) is 8.66. The van der Waals surface area contributed by atoms with E-state index in [9.17, 15) is 4.39 Å². The van der Waals surface area contributed by atoms with E-state index in [1.54, 1.807) is 37.5 Å². The molecule has 0 spiro atoms. The molecule has 0 aliphatic heterocycles. The van der Waals surface area contributed by atoms with Gasteiger partial charge in [0, 0.05) is 30.1 Å². The normalized spacial score (nSPS) is 12.2. The lowest BCUT2D eigenvalue weighted by atomic mass is 10.1. The molecule has 94 valence electrons. The maximum atomic E-state index is 13.6. The SMILES string of the molecule is C[C@@H](N)c1ccc(OCc2ncccn2)cc1F. The lowest BCUT2D eigenvalue weighted by Gasteiger charge is -2.09. The highest BCUT2D eigenvalue weighted by Gasteiger charge is 2.08. The van der Waals surface area contributed by atoms with Gasteiger partial charge < -0.3 is 10.5 Å². The summed E-state index contributed by atoms with van der Waals surface area (Å²) in [5.74, 6) is 0.620. The summed E-state index contributed by atoms with van der Waals surface area (Å²) >= 11 is 0. The van der Waals surface area contributed by atoms with Gasteiger partial charge in [0.15, 0.2) is 5.82 Å². The summed E-state index contributed by atoms with van der Waals surface area (Å²) in [7, 11) is 0. The van der Waals surface area contributed by atoms with Crippen molar-refractivity contribution in [2.75, 3.05) is 0 Å². The highest BCUT2D eigenvalue weighted by Crippen LogP contribution is 2.20.